The van der Waals surface area contributed by atoms with Crippen LogP contribution in [0.15, 0.2) is 24.3 Å². The SMILES string of the molecule is O=C(Nc1ccc(N2CCN(C3CCCC3)CC2)cc1)C1CCCCC1. The number of piperazine rings is 1. The molecular weight excluding hydrogens is 322 g/mol. The molecule has 0 unspecified atom stereocenters. The fourth-order valence-corrected chi connectivity index (χ4v) is 4.98. The molecule has 0 radical (unpaired) electrons. The third-order valence-corrected chi connectivity index (χ3v) is 6.63. The molecule has 1 saturated heterocycles. The zero-order valence-corrected chi connectivity index (χ0v) is 16.0. The number of nitrogens with one attached hydrogen (secondary N) is 1. The van der Waals surface area contributed by atoms with Gasteiger partial charge in [-0.2, -0.15) is 0 Å². The third-order valence-electron chi connectivity index (χ3n) is 6.63. The summed E-state index contributed by atoms with van der Waals surface area (Å²) in [5, 5.41) is 3.12. The van der Waals surface area contributed by atoms with Crippen LogP contribution in [0.1, 0.15) is 57.8 Å². The quantitative estimate of drug-likeness (QED) is 0.876. The van der Waals surface area contributed by atoms with E-state index in [0.717, 1.165) is 37.7 Å². The first kappa shape index (κ1) is 17.8. The molecule has 4 rings (SSSR count). The van der Waals surface area contributed by atoms with Gasteiger partial charge in [0.2, 0.25) is 5.91 Å². The van der Waals surface area contributed by atoms with Crippen LogP contribution in [0, 0.1) is 5.92 Å². The van der Waals surface area contributed by atoms with Crippen LogP contribution in [0.3, 0.4) is 0 Å². The predicted octanol–water partition coefficient (Wildman–Crippen LogP) is 4.27. The largest absolute Gasteiger partial charge is 0.369 e. The van der Waals surface area contributed by atoms with E-state index < -0.39 is 0 Å². The summed E-state index contributed by atoms with van der Waals surface area (Å²) < 4.78 is 0. The number of amides is 1. The summed E-state index contributed by atoms with van der Waals surface area (Å²) in [4.78, 5) is 17.6. The molecule has 1 aromatic rings. The molecule has 2 aliphatic carbocycles. The van der Waals surface area contributed by atoms with Gasteiger partial charge in [0.25, 0.3) is 0 Å². The van der Waals surface area contributed by atoms with Crippen molar-refractivity contribution in [1.82, 2.24) is 4.90 Å². The summed E-state index contributed by atoms with van der Waals surface area (Å²) in [7, 11) is 0. The lowest BCUT2D eigenvalue weighted by Gasteiger charge is -2.39. The molecule has 4 nitrogen and oxygen atoms in total. The molecular formula is C22H33N3O. The van der Waals surface area contributed by atoms with E-state index in [1.165, 1.54) is 63.7 Å². The standard InChI is InChI=1S/C22H33N3O/c26-22(18-6-2-1-3-7-18)23-19-10-12-21(13-11-19)25-16-14-24(15-17-25)20-8-4-5-9-20/h10-13,18,20H,1-9,14-17H2,(H,23,26). The summed E-state index contributed by atoms with van der Waals surface area (Å²) in [6.45, 7) is 4.60. The van der Waals surface area contributed by atoms with Crippen molar-refractivity contribution in [2.24, 2.45) is 5.92 Å². The molecule has 2 saturated carbocycles. The second-order valence-electron chi connectivity index (χ2n) is 8.33. The lowest BCUT2D eigenvalue weighted by atomic mass is 9.88. The van der Waals surface area contributed by atoms with Crippen molar-refractivity contribution in [1.29, 1.82) is 0 Å². The number of hydrogen-bond acceptors (Lipinski definition) is 3. The minimum atomic E-state index is 0.211. The molecule has 3 aliphatic rings. The first-order valence-electron chi connectivity index (χ1n) is 10.7. The topological polar surface area (TPSA) is 35.6 Å². The molecule has 142 valence electrons. The molecule has 1 amide bonds. The maximum atomic E-state index is 12.4. The highest BCUT2D eigenvalue weighted by atomic mass is 16.1. The van der Waals surface area contributed by atoms with Gasteiger partial charge in [-0.1, -0.05) is 32.1 Å². The predicted molar refractivity (Wildman–Crippen MR) is 108 cm³/mol. The number of hydrogen-bond donors (Lipinski definition) is 1. The molecule has 4 heteroatoms. The van der Waals surface area contributed by atoms with E-state index in [1.54, 1.807) is 0 Å². The van der Waals surface area contributed by atoms with Crippen molar-refractivity contribution in [2.45, 2.75) is 63.8 Å². The second kappa shape index (κ2) is 8.43. The first-order chi connectivity index (χ1) is 12.8. The van der Waals surface area contributed by atoms with Gasteiger partial charge in [-0.05, 0) is 49.9 Å². The lowest BCUT2D eigenvalue weighted by Crippen LogP contribution is -2.49. The molecule has 0 bridgehead atoms. The number of rotatable bonds is 4. The molecule has 1 heterocycles. The lowest BCUT2D eigenvalue weighted by molar-refractivity contribution is -0.120. The van der Waals surface area contributed by atoms with Gasteiger partial charge in [-0.3, -0.25) is 9.69 Å². The van der Waals surface area contributed by atoms with Crippen molar-refractivity contribution in [3.8, 4) is 0 Å². The Bertz CT molecular complexity index is 580. The Kier molecular flexibility index (Phi) is 5.78. The van der Waals surface area contributed by atoms with Crippen LogP contribution in [-0.4, -0.2) is 43.0 Å². The average Bonchev–Trinajstić information content (AvgIpc) is 3.24. The van der Waals surface area contributed by atoms with Crippen LogP contribution >= 0.6 is 0 Å². The number of nitrogens with zero attached hydrogens (tertiary/aromatic N) is 2. The highest BCUT2D eigenvalue weighted by Gasteiger charge is 2.26. The fourth-order valence-electron chi connectivity index (χ4n) is 4.98. The van der Waals surface area contributed by atoms with Crippen molar-refractivity contribution in [3.05, 3.63) is 24.3 Å². The number of benzene rings is 1. The first-order valence-corrected chi connectivity index (χ1v) is 10.7. The molecule has 3 fully saturated rings. The molecule has 1 aromatic carbocycles. The van der Waals surface area contributed by atoms with Gasteiger partial charge < -0.3 is 10.2 Å². The van der Waals surface area contributed by atoms with Gasteiger partial charge in [0.05, 0.1) is 0 Å². The molecule has 0 atom stereocenters. The average molecular weight is 356 g/mol. The van der Waals surface area contributed by atoms with Crippen LogP contribution < -0.4 is 10.2 Å². The Morgan fingerprint density at radius 2 is 1.42 bits per heavy atom. The van der Waals surface area contributed by atoms with Crippen molar-refractivity contribution >= 4 is 17.3 Å². The van der Waals surface area contributed by atoms with E-state index >= 15 is 0 Å². The van der Waals surface area contributed by atoms with E-state index in [-0.39, 0.29) is 11.8 Å². The van der Waals surface area contributed by atoms with E-state index in [0.29, 0.717) is 0 Å². The smallest absolute Gasteiger partial charge is 0.227 e. The van der Waals surface area contributed by atoms with Gasteiger partial charge in [-0.25, -0.2) is 0 Å². The van der Waals surface area contributed by atoms with E-state index in [4.69, 9.17) is 0 Å². The summed E-state index contributed by atoms with van der Waals surface area (Å²) in [6.07, 6.45) is 11.4. The summed E-state index contributed by atoms with van der Waals surface area (Å²) in [5.41, 5.74) is 2.22. The van der Waals surface area contributed by atoms with Crippen LogP contribution in [0.2, 0.25) is 0 Å². The van der Waals surface area contributed by atoms with Gasteiger partial charge in [0.15, 0.2) is 0 Å². The normalized spacial score (nSPS) is 23.3. The summed E-state index contributed by atoms with van der Waals surface area (Å²) in [5.74, 6) is 0.426. The molecule has 1 N–H and O–H groups in total. The number of carbonyl (C=O) groups excluding carboxylic acids is 1. The zero-order valence-electron chi connectivity index (χ0n) is 16.0. The minimum Gasteiger partial charge on any atom is -0.369 e. The van der Waals surface area contributed by atoms with Crippen LogP contribution in [0.5, 0.6) is 0 Å². The number of anilines is 2. The molecule has 0 aromatic heterocycles. The van der Waals surface area contributed by atoms with Crippen LogP contribution in [0.4, 0.5) is 11.4 Å². The summed E-state index contributed by atoms with van der Waals surface area (Å²) in [6, 6.07) is 9.32. The Hall–Kier alpha value is -1.55. The van der Waals surface area contributed by atoms with Gasteiger partial charge in [0, 0.05) is 49.5 Å². The Morgan fingerprint density at radius 1 is 0.808 bits per heavy atom. The second-order valence-corrected chi connectivity index (χ2v) is 8.33. The molecule has 1 aliphatic heterocycles. The van der Waals surface area contributed by atoms with Gasteiger partial charge in [0.1, 0.15) is 0 Å². The van der Waals surface area contributed by atoms with Crippen LogP contribution in [0.25, 0.3) is 0 Å². The van der Waals surface area contributed by atoms with E-state index in [2.05, 4.69) is 39.4 Å². The maximum Gasteiger partial charge on any atom is 0.227 e. The fraction of sp³-hybridized carbons (Fsp3) is 0.682. The monoisotopic (exact) mass is 355 g/mol. The zero-order chi connectivity index (χ0) is 17.8. The Morgan fingerprint density at radius 3 is 2.08 bits per heavy atom. The van der Waals surface area contributed by atoms with Gasteiger partial charge in [-0.15, -0.1) is 0 Å². The Labute approximate surface area is 157 Å². The number of carbonyl (C=O) groups is 1. The van der Waals surface area contributed by atoms with Crippen LogP contribution in [-0.2, 0) is 4.79 Å². The Balaban J connectivity index is 1.28. The van der Waals surface area contributed by atoms with Crippen molar-refractivity contribution in [2.75, 3.05) is 36.4 Å². The van der Waals surface area contributed by atoms with E-state index in [9.17, 15) is 4.79 Å². The maximum absolute atomic E-state index is 12.4. The van der Waals surface area contributed by atoms with Crippen molar-refractivity contribution in [3.63, 3.8) is 0 Å². The highest BCUT2D eigenvalue weighted by Crippen LogP contribution is 2.27. The molecule has 26 heavy (non-hydrogen) atoms. The van der Waals surface area contributed by atoms with E-state index in [1.807, 2.05) is 0 Å². The van der Waals surface area contributed by atoms with Gasteiger partial charge >= 0.3 is 0 Å². The van der Waals surface area contributed by atoms with Crippen molar-refractivity contribution < 1.29 is 4.79 Å². The highest BCUT2D eigenvalue weighted by molar-refractivity contribution is 5.92. The molecule has 0 spiro atoms. The minimum absolute atomic E-state index is 0.211. The summed E-state index contributed by atoms with van der Waals surface area (Å²) >= 11 is 0. The third kappa shape index (κ3) is 4.22.